The lowest BCUT2D eigenvalue weighted by molar-refractivity contribution is -0.132. The molecule has 18 heavy (non-hydrogen) atoms. The number of piperazine rings is 1. The molecule has 94 valence electrons. The lowest BCUT2D eigenvalue weighted by atomic mass is 10.2. The number of amides is 1. The van der Waals surface area contributed by atoms with E-state index in [1.54, 1.807) is 29.2 Å². The highest BCUT2D eigenvalue weighted by atomic mass is 16.5. The summed E-state index contributed by atoms with van der Waals surface area (Å²) in [4.78, 5) is 13.3. The molecule has 0 unspecified atom stereocenters. The maximum absolute atomic E-state index is 11.5. The highest BCUT2D eigenvalue weighted by molar-refractivity contribution is 5.78. The first-order valence-electron chi connectivity index (χ1n) is 5.91. The monoisotopic (exact) mass is 245 g/mol. The normalized spacial score (nSPS) is 15.3. The summed E-state index contributed by atoms with van der Waals surface area (Å²) in [5.41, 5.74) is 0.611. The summed E-state index contributed by atoms with van der Waals surface area (Å²) in [5, 5.41) is 11.7. The van der Waals surface area contributed by atoms with Crippen molar-refractivity contribution in [1.29, 1.82) is 5.26 Å². The maximum atomic E-state index is 11.5. The molecule has 1 N–H and O–H groups in total. The molecule has 1 fully saturated rings. The molecule has 1 amide bonds. The minimum absolute atomic E-state index is 0.115. The number of nitriles is 1. The van der Waals surface area contributed by atoms with Crippen LogP contribution >= 0.6 is 0 Å². The second-order valence-electron chi connectivity index (χ2n) is 4.04. The van der Waals surface area contributed by atoms with E-state index in [4.69, 9.17) is 10.00 Å². The van der Waals surface area contributed by atoms with Crippen molar-refractivity contribution in [3.8, 4) is 11.8 Å². The molecule has 0 bridgehead atoms. The Balaban J connectivity index is 1.77. The van der Waals surface area contributed by atoms with Gasteiger partial charge >= 0.3 is 0 Å². The van der Waals surface area contributed by atoms with Gasteiger partial charge in [-0.15, -0.1) is 0 Å². The topological polar surface area (TPSA) is 65.4 Å². The Morgan fingerprint density at radius 1 is 1.39 bits per heavy atom. The lowest BCUT2D eigenvalue weighted by Crippen LogP contribution is -2.49. The van der Waals surface area contributed by atoms with Crippen LogP contribution in [0.1, 0.15) is 5.56 Å². The van der Waals surface area contributed by atoms with Crippen LogP contribution in [0.5, 0.6) is 5.75 Å². The van der Waals surface area contributed by atoms with Gasteiger partial charge in [0.15, 0.2) is 0 Å². The van der Waals surface area contributed by atoms with E-state index in [0.717, 1.165) is 18.8 Å². The van der Waals surface area contributed by atoms with Gasteiger partial charge in [-0.1, -0.05) is 0 Å². The fourth-order valence-electron chi connectivity index (χ4n) is 1.78. The average molecular weight is 245 g/mol. The number of hydrogen-bond donors (Lipinski definition) is 1. The van der Waals surface area contributed by atoms with Crippen LogP contribution in [0, 0.1) is 11.3 Å². The predicted octanol–water partition coefficient (Wildman–Crippen LogP) is 0.369. The Bertz CT molecular complexity index is 450. The molecule has 5 heteroatoms. The molecule has 2 rings (SSSR count). The maximum Gasteiger partial charge on any atom is 0.236 e. The molecule has 0 aromatic heterocycles. The van der Waals surface area contributed by atoms with Gasteiger partial charge in [-0.3, -0.25) is 4.79 Å². The highest BCUT2D eigenvalue weighted by Crippen LogP contribution is 2.11. The molecule has 1 aliphatic rings. The predicted molar refractivity (Wildman–Crippen MR) is 66.1 cm³/mol. The van der Waals surface area contributed by atoms with Crippen LogP contribution in [0.25, 0.3) is 0 Å². The van der Waals surface area contributed by atoms with E-state index in [-0.39, 0.29) is 5.91 Å². The molecule has 1 heterocycles. The molecule has 0 aliphatic carbocycles. The Kier molecular flexibility index (Phi) is 4.15. The van der Waals surface area contributed by atoms with Gasteiger partial charge in [-0.25, -0.2) is 0 Å². The van der Waals surface area contributed by atoms with Crippen molar-refractivity contribution in [3.63, 3.8) is 0 Å². The van der Waals surface area contributed by atoms with Crippen molar-refractivity contribution in [2.45, 2.75) is 0 Å². The van der Waals surface area contributed by atoms with Gasteiger partial charge in [0.05, 0.1) is 24.7 Å². The molecule has 0 saturated carbocycles. The minimum Gasteiger partial charge on any atom is -0.492 e. The zero-order chi connectivity index (χ0) is 12.8. The second kappa shape index (κ2) is 6.03. The molecule has 1 aromatic rings. The van der Waals surface area contributed by atoms with Crippen molar-refractivity contribution in [3.05, 3.63) is 29.8 Å². The zero-order valence-electron chi connectivity index (χ0n) is 10.1. The van der Waals surface area contributed by atoms with Crippen LogP contribution in [0.2, 0.25) is 0 Å². The Hall–Kier alpha value is -2.06. The van der Waals surface area contributed by atoms with Crippen LogP contribution in [0.4, 0.5) is 0 Å². The Morgan fingerprint density at radius 2 is 2.17 bits per heavy atom. The summed E-state index contributed by atoms with van der Waals surface area (Å²) in [5.74, 6) is 0.835. The highest BCUT2D eigenvalue weighted by Gasteiger charge is 2.16. The Labute approximate surface area is 106 Å². The molecule has 0 radical (unpaired) electrons. The fourth-order valence-corrected chi connectivity index (χ4v) is 1.78. The molecule has 1 aromatic carbocycles. The smallest absolute Gasteiger partial charge is 0.236 e. The van der Waals surface area contributed by atoms with E-state index in [9.17, 15) is 4.79 Å². The number of hydrogen-bond acceptors (Lipinski definition) is 4. The zero-order valence-corrected chi connectivity index (χ0v) is 10.1. The number of carbonyl (C=O) groups is 1. The third-order valence-electron chi connectivity index (χ3n) is 2.80. The van der Waals surface area contributed by atoms with E-state index in [1.165, 1.54) is 0 Å². The first-order chi connectivity index (χ1) is 8.79. The van der Waals surface area contributed by atoms with Crippen molar-refractivity contribution >= 4 is 5.91 Å². The third-order valence-corrected chi connectivity index (χ3v) is 2.80. The summed E-state index contributed by atoms with van der Waals surface area (Å²) >= 11 is 0. The summed E-state index contributed by atoms with van der Waals surface area (Å²) in [6.07, 6.45) is 0. The van der Waals surface area contributed by atoms with E-state index in [0.29, 0.717) is 25.3 Å². The van der Waals surface area contributed by atoms with Crippen LogP contribution in [-0.2, 0) is 4.79 Å². The average Bonchev–Trinajstić information content (AvgIpc) is 2.42. The van der Waals surface area contributed by atoms with Gasteiger partial charge in [0.25, 0.3) is 0 Å². The molecular formula is C13H15N3O2. The van der Waals surface area contributed by atoms with Crippen molar-refractivity contribution in [1.82, 2.24) is 10.2 Å². The van der Waals surface area contributed by atoms with Crippen molar-refractivity contribution in [2.75, 3.05) is 32.8 Å². The van der Waals surface area contributed by atoms with Crippen molar-refractivity contribution in [2.24, 2.45) is 0 Å². The Morgan fingerprint density at radius 3 is 2.83 bits per heavy atom. The molecule has 0 spiro atoms. The minimum atomic E-state index is 0.115. The number of ether oxygens (including phenoxy) is 1. The van der Waals surface area contributed by atoms with E-state index < -0.39 is 0 Å². The lowest BCUT2D eigenvalue weighted by Gasteiger charge is -2.27. The fraction of sp³-hybridized carbons (Fsp3) is 0.385. The first-order valence-corrected chi connectivity index (χ1v) is 5.91. The summed E-state index contributed by atoms with van der Waals surface area (Å²) in [7, 11) is 0. The van der Waals surface area contributed by atoms with E-state index in [1.807, 2.05) is 0 Å². The quantitative estimate of drug-likeness (QED) is 0.832. The number of benzene rings is 1. The molecule has 1 aliphatic heterocycles. The largest absolute Gasteiger partial charge is 0.492 e. The third kappa shape index (κ3) is 3.22. The van der Waals surface area contributed by atoms with Gasteiger partial charge in [-0.05, 0) is 24.3 Å². The van der Waals surface area contributed by atoms with Gasteiger partial charge in [0.2, 0.25) is 5.91 Å². The van der Waals surface area contributed by atoms with Crippen LogP contribution < -0.4 is 10.1 Å². The molecule has 5 nitrogen and oxygen atoms in total. The van der Waals surface area contributed by atoms with Crippen LogP contribution in [0.3, 0.4) is 0 Å². The van der Waals surface area contributed by atoms with Gasteiger partial charge in [-0.2, -0.15) is 5.26 Å². The number of nitrogens with one attached hydrogen (secondary N) is 1. The van der Waals surface area contributed by atoms with Crippen LogP contribution in [-0.4, -0.2) is 43.6 Å². The van der Waals surface area contributed by atoms with Crippen LogP contribution in [0.15, 0.2) is 24.3 Å². The van der Waals surface area contributed by atoms with Gasteiger partial charge in [0.1, 0.15) is 12.4 Å². The summed E-state index contributed by atoms with van der Waals surface area (Å²) in [6, 6.07) is 9.00. The summed E-state index contributed by atoms with van der Waals surface area (Å²) in [6.45, 7) is 3.05. The number of nitrogens with zero attached hydrogens (tertiary/aromatic N) is 2. The number of rotatable bonds is 4. The van der Waals surface area contributed by atoms with E-state index in [2.05, 4.69) is 11.4 Å². The SMILES string of the molecule is N#Cc1ccc(OCCN2CCNCC2=O)cc1. The first kappa shape index (κ1) is 12.4. The molecular weight excluding hydrogens is 230 g/mol. The molecule has 1 saturated heterocycles. The van der Waals surface area contributed by atoms with Crippen molar-refractivity contribution < 1.29 is 9.53 Å². The standard InChI is InChI=1S/C13H15N3O2/c14-9-11-1-3-12(4-2-11)18-8-7-16-6-5-15-10-13(16)17/h1-4,15H,5-8,10H2. The van der Waals surface area contributed by atoms with Gasteiger partial charge in [0, 0.05) is 13.1 Å². The number of carbonyl (C=O) groups excluding carboxylic acids is 1. The van der Waals surface area contributed by atoms with E-state index >= 15 is 0 Å². The molecule has 0 atom stereocenters. The van der Waals surface area contributed by atoms with Gasteiger partial charge < -0.3 is 15.0 Å². The summed E-state index contributed by atoms with van der Waals surface area (Å²) < 4.78 is 5.53. The second-order valence-corrected chi connectivity index (χ2v) is 4.04.